The zero-order valence-corrected chi connectivity index (χ0v) is 17.1. The van der Waals surface area contributed by atoms with Crippen molar-refractivity contribution < 1.29 is 27.8 Å². The lowest BCUT2D eigenvalue weighted by molar-refractivity contribution is -0.135. The van der Waals surface area contributed by atoms with Gasteiger partial charge in [-0.15, -0.1) is 0 Å². The quantitative estimate of drug-likeness (QED) is 0.743. The van der Waals surface area contributed by atoms with Gasteiger partial charge in [-0.25, -0.2) is 4.58 Å². The van der Waals surface area contributed by atoms with E-state index in [1.54, 1.807) is 23.1 Å². The summed E-state index contributed by atoms with van der Waals surface area (Å²) in [7, 11) is 1.93. The summed E-state index contributed by atoms with van der Waals surface area (Å²) in [4.78, 5) is 12.9. The van der Waals surface area contributed by atoms with Crippen LogP contribution in [0.2, 0.25) is 0 Å². The molecule has 0 bridgehead atoms. The van der Waals surface area contributed by atoms with Gasteiger partial charge in [0.25, 0.3) is 0 Å². The molecule has 162 valence electrons. The molecule has 5 nitrogen and oxygen atoms in total. The number of benzene rings is 2. The molecule has 3 heterocycles. The lowest BCUT2D eigenvalue weighted by Gasteiger charge is -2.32. The summed E-state index contributed by atoms with van der Waals surface area (Å²) < 4.78 is 50.9. The number of carboxylic acids is 1. The zero-order chi connectivity index (χ0) is 21.9. The SMILES string of the molecule is C[N+]1=c2cc3c(cc2CCC1)=C(C(F)(F)F)c1cc2c(cc1O3)N(CC(=O)O)CCC2. The van der Waals surface area contributed by atoms with Crippen molar-refractivity contribution in [3.63, 3.8) is 0 Å². The molecule has 3 aliphatic rings. The molecule has 0 atom stereocenters. The Morgan fingerprint density at radius 3 is 2.65 bits per heavy atom. The summed E-state index contributed by atoms with van der Waals surface area (Å²) in [5.41, 5.74) is 1.59. The molecular weight excluding hydrogens is 409 g/mol. The van der Waals surface area contributed by atoms with Gasteiger partial charge >= 0.3 is 12.1 Å². The maximum absolute atomic E-state index is 14.3. The molecule has 0 unspecified atom stereocenters. The number of hydrogen-bond donors (Lipinski definition) is 1. The van der Waals surface area contributed by atoms with Crippen LogP contribution in [0.4, 0.5) is 18.9 Å². The number of nitrogens with zero attached hydrogens (tertiary/aromatic N) is 2. The molecule has 8 heteroatoms. The Balaban J connectivity index is 1.77. The van der Waals surface area contributed by atoms with E-state index >= 15 is 0 Å². The smallest absolute Gasteiger partial charge is 0.417 e. The van der Waals surface area contributed by atoms with Gasteiger partial charge in [0.15, 0.2) is 0 Å². The normalized spacial score (nSPS) is 17.4. The van der Waals surface area contributed by atoms with Gasteiger partial charge in [-0.05, 0) is 37.0 Å². The highest BCUT2D eigenvalue weighted by Gasteiger charge is 2.41. The first-order chi connectivity index (χ1) is 14.7. The van der Waals surface area contributed by atoms with Crippen molar-refractivity contribution in [3.05, 3.63) is 51.5 Å². The average molecular weight is 431 g/mol. The fourth-order valence-corrected chi connectivity index (χ4v) is 4.94. The lowest BCUT2D eigenvalue weighted by Crippen LogP contribution is -2.37. The molecule has 1 N–H and O–H groups in total. The topological polar surface area (TPSA) is 52.8 Å². The summed E-state index contributed by atoms with van der Waals surface area (Å²) in [6, 6.07) is 6.44. The maximum atomic E-state index is 14.3. The van der Waals surface area contributed by atoms with E-state index in [0.29, 0.717) is 25.1 Å². The Morgan fingerprint density at radius 1 is 1.13 bits per heavy atom. The number of carbonyl (C=O) groups is 1. The fourth-order valence-electron chi connectivity index (χ4n) is 4.94. The molecule has 2 aromatic rings. The Hall–Kier alpha value is -3.03. The van der Waals surface area contributed by atoms with Crippen LogP contribution in [0, 0.1) is 0 Å². The van der Waals surface area contributed by atoms with Crippen LogP contribution in [-0.4, -0.2) is 43.9 Å². The number of rotatable bonds is 2. The fraction of sp³-hybridized carbons (Fsp3) is 0.391. The van der Waals surface area contributed by atoms with Crippen molar-refractivity contribution in [1.29, 1.82) is 0 Å². The van der Waals surface area contributed by atoms with Crippen LogP contribution in [0.5, 0.6) is 11.5 Å². The average Bonchev–Trinajstić information content (AvgIpc) is 2.69. The first-order valence-electron chi connectivity index (χ1n) is 10.4. The summed E-state index contributed by atoms with van der Waals surface area (Å²) in [5.74, 6) is -0.670. The van der Waals surface area contributed by atoms with E-state index in [1.165, 1.54) is 6.07 Å². The molecule has 0 saturated heterocycles. The summed E-state index contributed by atoms with van der Waals surface area (Å²) in [5, 5.41) is 10.2. The minimum absolute atomic E-state index is 0.0278. The highest BCUT2D eigenvalue weighted by molar-refractivity contribution is 5.82. The van der Waals surface area contributed by atoms with Gasteiger partial charge < -0.3 is 14.7 Å². The van der Waals surface area contributed by atoms with Gasteiger partial charge in [0.05, 0.1) is 11.6 Å². The third-order valence-corrected chi connectivity index (χ3v) is 6.30. The van der Waals surface area contributed by atoms with E-state index in [1.807, 2.05) is 11.6 Å². The van der Waals surface area contributed by atoms with Crippen LogP contribution in [0.3, 0.4) is 0 Å². The van der Waals surface area contributed by atoms with E-state index in [9.17, 15) is 23.1 Å². The number of aliphatic carboxylic acids is 1. The Kier molecular flexibility index (Phi) is 4.50. The second-order valence-electron chi connectivity index (χ2n) is 8.37. The van der Waals surface area contributed by atoms with Crippen LogP contribution in [0.15, 0.2) is 24.3 Å². The van der Waals surface area contributed by atoms with Crippen LogP contribution >= 0.6 is 0 Å². The second-order valence-corrected chi connectivity index (χ2v) is 8.37. The number of carboxylic acid groups (broad SMARTS) is 1. The predicted molar refractivity (Wildman–Crippen MR) is 109 cm³/mol. The monoisotopic (exact) mass is 431 g/mol. The molecule has 5 rings (SSSR count). The van der Waals surface area contributed by atoms with E-state index in [2.05, 4.69) is 0 Å². The predicted octanol–water partition coefficient (Wildman–Crippen LogP) is 2.46. The number of alkyl halides is 3. The molecule has 31 heavy (non-hydrogen) atoms. The maximum Gasteiger partial charge on any atom is 0.417 e. The molecule has 2 aromatic carbocycles. The molecule has 0 radical (unpaired) electrons. The lowest BCUT2D eigenvalue weighted by atomic mass is 9.91. The highest BCUT2D eigenvalue weighted by atomic mass is 19.4. The molecule has 0 aliphatic carbocycles. The van der Waals surface area contributed by atoms with Gasteiger partial charge in [0, 0.05) is 41.1 Å². The van der Waals surface area contributed by atoms with E-state index in [0.717, 1.165) is 35.9 Å². The Morgan fingerprint density at radius 2 is 1.90 bits per heavy atom. The number of hydrogen-bond acceptors (Lipinski definition) is 3. The molecule has 0 saturated carbocycles. The Labute approximate surface area is 176 Å². The number of anilines is 1. The van der Waals surface area contributed by atoms with Gasteiger partial charge in [0.1, 0.15) is 31.6 Å². The highest BCUT2D eigenvalue weighted by Crippen LogP contribution is 2.44. The van der Waals surface area contributed by atoms with Crippen molar-refractivity contribution in [3.8, 4) is 11.5 Å². The third-order valence-electron chi connectivity index (χ3n) is 6.30. The first kappa shape index (κ1) is 19.9. The summed E-state index contributed by atoms with van der Waals surface area (Å²) >= 11 is 0. The van der Waals surface area contributed by atoms with E-state index in [4.69, 9.17) is 4.74 Å². The van der Waals surface area contributed by atoms with Crippen molar-refractivity contribution >= 4 is 17.2 Å². The minimum Gasteiger partial charge on any atom is -0.480 e. The Bertz CT molecular complexity index is 1230. The van der Waals surface area contributed by atoms with Crippen molar-refractivity contribution in [2.45, 2.75) is 31.9 Å². The largest absolute Gasteiger partial charge is 0.480 e. The molecule has 0 spiro atoms. The second kappa shape index (κ2) is 7.00. The van der Waals surface area contributed by atoms with Crippen molar-refractivity contribution in [2.75, 3.05) is 31.6 Å². The van der Waals surface area contributed by atoms with Crippen LogP contribution in [0.25, 0.3) is 5.57 Å². The van der Waals surface area contributed by atoms with Crippen molar-refractivity contribution in [1.82, 2.24) is 4.58 Å². The number of ether oxygens (including phenoxy) is 1. The number of fused-ring (bicyclic) bond motifs is 4. The van der Waals surface area contributed by atoms with Gasteiger partial charge in [-0.1, -0.05) is 0 Å². The van der Waals surface area contributed by atoms with Gasteiger partial charge in [-0.3, -0.25) is 4.79 Å². The van der Waals surface area contributed by atoms with Crippen LogP contribution in [0.1, 0.15) is 29.5 Å². The van der Waals surface area contributed by atoms with E-state index in [-0.39, 0.29) is 28.8 Å². The van der Waals surface area contributed by atoms with Gasteiger partial charge in [0.2, 0.25) is 5.36 Å². The number of halogens is 3. The minimum atomic E-state index is -4.55. The standard InChI is InChI=1S/C23H21F3N2O3/c1-27-6-2-4-13-8-15-19(10-17(13)27)31-20-11-18-14(5-3-7-28(18)12-21(29)30)9-16(20)22(15)23(24,25)26/h8-11H,2-7,12H2,1H3/p+1. The van der Waals surface area contributed by atoms with Crippen molar-refractivity contribution in [2.24, 2.45) is 0 Å². The molecule has 0 fully saturated rings. The molecular formula is C23H22F3N2O3+. The summed E-state index contributed by atoms with van der Waals surface area (Å²) in [6.45, 7) is 1.19. The molecule has 3 aliphatic heterocycles. The first-order valence-corrected chi connectivity index (χ1v) is 10.4. The third kappa shape index (κ3) is 3.34. The summed E-state index contributed by atoms with van der Waals surface area (Å²) in [6.07, 6.45) is -1.62. The molecule has 0 amide bonds. The molecule has 0 aromatic heterocycles. The van der Waals surface area contributed by atoms with Crippen LogP contribution < -0.4 is 24.8 Å². The van der Waals surface area contributed by atoms with E-state index < -0.39 is 17.7 Å². The zero-order valence-electron chi connectivity index (χ0n) is 17.1. The van der Waals surface area contributed by atoms with Gasteiger partial charge in [-0.2, -0.15) is 13.2 Å². The van der Waals surface area contributed by atoms with Crippen LogP contribution in [-0.2, 0) is 17.6 Å². The number of aryl methyl sites for hydroxylation is 2.